The molecule has 2 aliphatic carbocycles. The van der Waals surface area contributed by atoms with Crippen molar-refractivity contribution < 1.29 is 22.2 Å². The first-order valence-corrected chi connectivity index (χ1v) is 11.3. The van der Waals surface area contributed by atoms with Crippen molar-refractivity contribution in [3.8, 4) is 5.75 Å². The maximum Gasteiger partial charge on any atom is 0.380 e. The standard InChI is InChI=1S/C20H26N2O5S/c1-3-10-22-18(23)17-16-6-4-12-11-13(27-28(21,25)26)5-7-14(12)15(16)8-9-20(17,2)19(22)24/h5,7,11,15-17H,3-4,6,8-10H2,1-2H3,(H2,21,25,26)/t15-,16-,17-,20+/m1/s1. The molecule has 0 unspecified atom stereocenters. The Labute approximate surface area is 165 Å². The third-order valence-corrected chi connectivity index (χ3v) is 7.22. The number of hydrogen-bond acceptors (Lipinski definition) is 5. The number of imide groups is 1. The number of nitrogens with two attached hydrogens (primary N) is 1. The Kier molecular flexibility index (Phi) is 4.54. The van der Waals surface area contributed by atoms with Gasteiger partial charge in [0, 0.05) is 6.54 Å². The second kappa shape index (κ2) is 6.56. The summed E-state index contributed by atoms with van der Waals surface area (Å²) in [5, 5.41) is 4.96. The van der Waals surface area contributed by atoms with Crippen LogP contribution in [0.4, 0.5) is 0 Å². The highest BCUT2D eigenvalue weighted by molar-refractivity contribution is 7.84. The van der Waals surface area contributed by atoms with Crippen LogP contribution in [0.25, 0.3) is 0 Å². The van der Waals surface area contributed by atoms with E-state index in [9.17, 15) is 18.0 Å². The molecule has 1 heterocycles. The lowest BCUT2D eigenvalue weighted by atomic mass is 9.55. The highest BCUT2D eigenvalue weighted by Crippen LogP contribution is 2.58. The van der Waals surface area contributed by atoms with Crippen LogP contribution in [0.15, 0.2) is 18.2 Å². The van der Waals surface area contributed by atoms with E-state index in [0.717, 1.165) is 36.8 Å². The molecule has 1 saturated carbocycles. The number of aryl methyl sites for hydroxylation is 1. The third kappa shape index (κ3) is 2.93. The predicted molar refractivity (Wildman–Crippen MR) is 103 cm³/mol. The van der Waals surface area contributed by atoms with Crippen LogP contribution in [0.1, 0.15) is 56.6 Å². The molecule has 1 saturated heterocycles. The average molecular weight is 407 g/mol. The molecule has 7 nitrogen and oxygen atoms in total. The van der Waals surface area contributed by atoms with E-state index in [1.54, 1.807) is 12.1 Å². The number of carbonyl (C=O) groups excluding carboxylic acids is 2. The molecule has 0 bridgehead atoms. The lowest BCUT2D eigenvalue weighted by Gasteiger charge is -2.46. The van der Waals surface area contributed by atoms with Gasteiger partial charge in [0.1, 0.15) is 5.75 Å². The van der Waals surface area contributed by atoms with Gasteiger partial charge < -0.3 is 4.18 Å². The Balaban J connectivity index is 1.66. The summed E-state index contributed by atoms with van der Waals surface area (Å²) in [7, 11) is -4.06. The predicted octanol–water partition coefficient (Wildman–Crippen LogP) is 2.11. The van der Waals surface area contributed by atoms with Crippen molar-refractivity contribution in [1.82, 2.24) is 4.90 Å². The Morgan fingerprint density at radius 2 is 2.04 bits per heavy atom. The van der Waals surface area contributed by atoms with E-state index >= 15 is 0 Å². The lowest BCUT2D eigenvalue weighted by Crippen LogP contribution is -2.44. The monoisotopic (exact) mass is 406 g/mol. The van der Waals surface area contributed by atoms with Gasteiger partial charge in [0.15, 0.2) is 0 Å². The van der Waals surface area contributed by atoms with Crippen molar-refractivity contribution in [2.45, 2.75) is 51.9 Å². The molecule has 3 aliphatic rings. The minimum absolute atomic E-state index is 0.00880. The van der Waals surface area contributed by atoms with Gasteiger partial charge in [-0.05, 0) is 74.1 Å². The van der Waals surface area contributed by atoms with Crippen molar-refractivity contribution in [2.24, 2.45) is 22.4 Å². The largest absolute Gasteiger partial charge is 0.380 e. The number of hydrogen-bond donors (Lipinski definition) is 1. The van der Waals surface area contributed by atoms with Crippen molar-refractivity contribution in [3.05, 3.63) is 29.3 Å². The Morgan fingerprint density at radius 1 is 1.29 bits per heavy atom. The van der Waals surface area contributed by atoms with Crippen LogP contribution in [0.2, 0.25) is 0 Å². The first-order chi connectivity index (χ1) is 13.2. The van der Waals surface area contributed by atoms with Gasteiger partial charge >= 0.3 is 10.3 Å². The number of benzene rings is 1. The summed E-state index contributed by atoms with van der Waals surface area (Å²) >= 11 is 0. The van der Waals surface area contributed by atoms with E-state index in [0.29, 0.717) is 13.0 Å². The molecule has 8 heteroatoms. The van der Waals surface area contributed by atoms with Crippen LogP contribution in [0.5, 0.6) is 5.75 Å². The fraction of sp³-hybridized carbons (Fsp3) is 0.600. The van der Waals surface area contributed by atoms with E-state index < -0.39 is 15.7 Å². The van der Waals surface area contributed by atoms with Gasteiger partial charge in [-0.1, -0.05) is 13.0 Å². The maximum atomic E-state index is 13.1. The number of likely N-dealkylation sites (tertiary alicyclic amines) is 1. The number of carbonyl (C=O) groups is 2. The van der Waals surface area contributed by atoms with Gasteiger partial charge in [0.25, 0.3) is 0 Å². The number of amides is 2. The smallest absolute Gasteiger partial charge is 0.371 e. The summed E-state index contributed by atoms with van der Waals surface area (Å²) in [4.78, 5) is 27.6. The van der Waals surface area contributed by atoms with E-state index in [2.05, 4.69) is 0 Å². The van der Waals surface area contributed by atoms with Gasteiger partial charge in [-0.3, -0.25) is 14.5 Å². The third-order valence-electron chi connectivity index (χ3n) is 6.79. The fourth-order valence-electron chi connectivity index (χ4n) is 5.66. The summed E-state index contributed by atoms with van der Waals surface area (Å²) in [5.41, 5.74) is 1.57. The summed E-state index contributed by atoms with van der Waals surface area (Å²) in [6.45, 7) is 4.43. The fourth-order valence-corrected chi connectivity index (χ4v) is 6.03. The van der Waals surface area contributed by atoms with Gasteiger partial charge in [-0.15, -0.1) is 0 Å². The number of rotatable bonds is 4. The van der Waals surface area contributed by atoms with Crippen LogP contribution in [0.3, 0.4) is 0 Å². The molecule has 1 aliphatic heterocycles. The SMILES string of the molecule is CCCN1C(=O)[C@H]2[C@@H]3CCc4cc(OS(N)(=O)=O)ccc4[C@H]3CC[C@]2(C)C1=O. The summed E-state index contributed by atoms with van der Waals surface area (Å²) in [6, 6.07) is 5.24. The molecule has 0 spiro atoms. The van der Waals surface area contributed by atoms with Crippen molar-refractivity contribution in [1.29, 1.82) is 0 Å². The average Bonchev–Trinajstić information content (AvgIpc) is 2.81. The minimum Gasteiger partial charge on any atom is -0.371 e. The van der Waals surface area contributed by atoms with Crippen molar-refractivity contribution in [3.63, 3.8) is 0 Å². The van der Waals surface area contributed by atoms with Crippen LogP contribution < -0.4 is 9.32 Å². The van der Waals surface area contributed by atoms with Crippen LogP contribution in [0, 0.1) is 17.3 Å². The van der Waals surface area contributed by atoms with E-state index in [4.69, 9.17) is 9.32 Å². The van der Waals surface area contributed by atoms with E-state index in [-0.39, 0.29) is 35.3 Å². The van der Waals surface area contributed by atoms with Crippen molar-refractivity contribution in [2.75, 3.05) is 6.54 Å². The second-order valence-corrected chi connectivity index (χ2v) is 9.63. The molecular formula is C20H26N2O5S. The van der Waals surface area contributed by atoms with Gasteiger partial charge in [-0.25, -0.2) is 0 Å². The molecule has 1 aromatic rings. The van der Waals surface area contributed by atoms with Crippen LogP contribution in [-0.2, 0) is 26.3 Å². The summed E-state index contributed by atoms with van der Waals surface area (Å²) in [6.07, 6.45) is 3.83. The molecule has 2 N–H and O–H groups in total. The molecule has 2 amide bonds. The topological polar surface area (TPSA) is 107 Å². The molecule has 28 heavy (non-hydrogen) atoms. The second-order valence-electron chi connectivity index (χ2n) is 8.47. The zero-order valence-corrected chi connectivity index (χ0v) is 17.0. The first-order valence-electron chi connectivity index (χ1n) is 9.86. The molecule has 0 aromatic heterocycles. The Hall–Kier alpha value is -1.93. The minimum atomic E-state index is -4.06. The number of nitrogens with zero attached hydrogens (tertiary/aromatic N) is 1. The van der Waals surface area contributed by atoms with E-state index in [1.807, 2.05) is 19.9 Å². The normalized spacial score (nSPS) is 32.0. The molecule has 0 radical (unpaired) electrons. The quantitative estimate of drug-likeness (QED) is 0.771. The van der Waals surface area contributed by atoms with Crippen molar-refractivity contribution >= 4 is 22.1 Å². The van der Waals surface area contributed by atoms with Crippen LogP contribution in [-0.4, -0.2) is 31.7 Å². The Morgan fingerprint density at radius 3 is 2.71 bits per heavy atom. The highest BCUT2D eigenvalue weighted by atomic mass is 32.2. The molecule has 4 atom stereocenters. The zero-order valence-electron chi connectivity index (χ0n) is 16.2. The van der Waals surface area contributed by atoms with Gasteiger partial charge in [0.2, 0.25) is 11.8 Å². The summed E-state index contributed by atoms with van der Waals surface area (Å²) < 4.78 is 27.2. The first kappa shape index (κ1) is 19.4. The molecule has 4 rings (SSSR count). The summed E-state index contributed by atoms with van der Waals surface area (Å²) in [5.74, 6) is 0.255. The molecule has 152 valence electrons. The molecule has 1 aromatic carbocycles. The van der Waals surface area contributed by atoms with Gasteiger partial charge in [0.05, 0.1) is 11.3 Å². The zero-order chi connectivity index (χ0) is 20.3. The number of fused-ring (bicyclic) bond motifs is 5. The van der Waals surface area contributed by atoms with Gasteiger partial charge in [-0.2, -0.15) is 13.6 Å². The Bertz CT molecular complexity index is 944. The van der Waals surface area contributed by atoms with Crippen LogP contribution >= 0.6 is 0 Å². The highest BCUT2D eigenvalue weighted by Gasteiger charge is 2.62. The lowest BCUT2D eigenvalue weighted by molar-refractivity contribution is -0.141. The molecular weight excluding hydrogens is 380 g/mol. The maximum absolute atomic E-state index is 13.1. The van der Waals surface area contributed by atoms with E-state index in [1.165, 1.54) is 4.90 Å². The molecule has 2 fully saturated rings.